The highest BCUT2D eigenvalue weighted by atomic mass is 35.5. The zero-order valence-electron chi connectivity index (χ0n) is 14.5. The van der Waals surface area contributed by atoms with Gasteiger partial charge in [0.25, 0.3) is 0 Å². The van der Waals surface area contributed by atoms with E-state index >= 15 is 0 Å². The maximum absolute atomic E-state index is 9.07. The van der Waals surface area contributed by atoms with Gasteiger partial charge in [-0.1, -0.05) is 35.9 Å². The maximum Gasteiger partial charge on any atom is 0.165 e. The largest absolute Gasteiger partial charge is 0.394 e. The average molecular weight is 380 g/mol. The summed E-state index contributed by atoms with van der Waals surface area (Å²) in [6.45, 7) is 1.07. The van der Waals surface area contributed by atoms with Gasteiger partial charge in [0.05, 0.1) is 30.4 Å². The molecule has 0 unspecified atom stereocenters. The first-order chi connectivity index (χ1) is 13.2. The summed E-state index contributed by atoms with van der Waals surface area (Å²) >= 11 is 6.07. The Labute approximate surface area is 161 Å². The number of para-hydroxylation sites is 1. The molecule has 0 saturated carbocycles. The van der Waals surface area contributed by atoms with E-state index in [4.69, 9.17) is 21.7 Å². The number of rotatable bonds is 6. The summed E-state index contributed by atoms with van der Waals surface area (Å²) in [5.41, 5.74) is 2.73. The third-order valence-corrected chi connectivity index (χ3v) is 4.41. The quantitative estimate of drug-likeness (QED) is 0.533. The number of nitrogens with zero attached hydrogens (tertiary/aromatic N) is 4. The molecular formula is C20H18ClN5O. The van der Waals surface area contributed by atoms with Gasteiger partial charge in [0, 0.05) is 23.2 Å². The number of anilines is 1. The van der Waals surface area contributed by atoms with E-state index in [1.165, 1.54) is 0 Å². The van der Waals surface area contributed by atoms with Crippen LogP contribution in [0.1, 0.15) is 5.56 Å². The minimum Gasteiger partial charge on any atom is -0.394 e. The number of aliphatic hydroxyl groups is 1. The topological polar surface area (TPSA) is 75.9 Å². The Morgan fingerprint density at radius 3 is 2.81 bits per heavy atom. The number of nitrogens with one attached hydrogen (secondary N) is 1. The molecule has 136 valence electrons. The Morgan fingerprint density at radius 1 is 1.07 bits per heavy atom. The molecule has 2 N–H and O–H groups in total. The monoisotopic (exact) mass is 379 g/mol. The van der Waals surface area contributed by atoms with Crippen LogP contribution in [0.5, 0.6) is 0 Å². The first-order valence-electron chi connectivity index (χ1n) is 8.62. The molecule has 2 heterocycles. The number of benzene rings is 2. The lowest BCUT2D eigenvalue weighted by molar-refractivity contribution is 0.269. The number of fused-ring (bicyclic) bond motifs is 1. The Balaban J connectivity index is 1.69. The van der Waals surface area contributed by atoms with E-state index in [1.807, 2.05) is 54.7 Å². The van der Waals surface area contributed by atoms with E-state index in [2.05, 4.69) is 15.4 Å². The second-order valence-corrected chi connectivity index (χ2v) is 6.55. The molecule has 4 rings (SSSR count). The van der Waals surface area contributed by atoms with Crippen LogP contribution in [0.15, 0.2) is 60.9 Å². The zero-order valence-corrected chi connectivity index (χ0v) is 15.3. The van der Waals surface area contributed by atoms with Crippen molar-refractivity contribution in [2.75, 3.05) is 11.9 Å². The van der Waals surface area contributed by atoms with Crippen molar-refractivity contribution in [1.29, 1.82) is 0 Å². The highest BCUT2D eigenvalue weighted by Gasteiger charge is 2.11. The van der Waals surface area contributed by atoms with E-state index in [9.17, 15) is 0 Å². The average Bonchev–Trinajstić information content (AvgIpc) is 3.15. The SMILES string of the molecule is OCCn1cc(-c2nc(NCc3cccc(Cl)c3)c3ccccc3n2)cn1. The minimum absolute atomic E-state index is 0.0339. The fourth-order valence-electron chi connectivity index (χ4n) is 2.88. The number of hydrogen-bond acceptors (Lipinski definition) is 5. The molecule has 4 aromatic rings. The first kappa shape index (κ1) is 17.5. The lowest BCUT2D eigenvalue weighted by Gasteiger charge is -2.10. The molecule has 0 aliphatic carbocycles. The molecule has 0 amide bonds. The molecule has 0 saturated heterocycles. The molecule has 0 bridgehead atoms. The van der Waals surface area contributed by atoms with E-state index in [0.29, 0.717) is 23.9 Å². The van der Waals surface area contributed by atoms with Crippen molar-refractivity contribution in [2.45, 2.75) is 13.1 Å². The second-order valence-electron chi connectivity index (χ2n) is 6.11. The highest BCUT2D eigenvalue weighted by molar-refractivity contribution is 6.30. The Kier molecular flexibility index (Phi) is 5.00. The van der Waals surface area contributed by atoms with Gasteiger partial charge in [-0.05, 0) is 29.8 Å². The molecule has 0 aliphatic rings. The maximum atomic E-state index is 9.07. The summed E-state index contributed by atoms with van der Waals surface area (Å²) in [7, 11) is 0. The van der Waals surface area contributed by atoms with Gasteiger partial charge in [0.2, 0.25) is 0 Å². The van der Waals surface area contributed by atoms with Crippen LogP contribution in [-0.4, -0.2) is 31.5 Å². The van der Waals surface area contributed by atoms with Crippen molar-refractivity contribution in [2.24, 2.45) is 0 Å². The zero-order chi connectivity index (χ0) is 18.6. The third kappa shape index (κ3) is 3.92. The predicted octanol–water partition coefficient (Wildman–Crippen LogP) is 3.75. The molecule has 0 atom stereocenters. The van der Waals surface area contributed by atoms with E-state index in [-0.39, 0.29) is 6.61 Å². The standard InChI is InChI=1S/C20H18ClN5O/c21-16-5-3-4-14(10-16)11-22-20-17-6-1-2-7-18(17)24-19(25-20)15-12-23-26(13-15)8-9-27/h1-7,10,12-13,27H,8-9,11H2,(H,22,24,25). The van der Waals surface area contributed by atoms with Crippen molar-refractivity contribution in [3.63, 3.8) is 0 Å². The molecule has 0 aliphatic heterocycles. The number of aliphatic hydroxyl groups excluding tert-OH is 1. The molecule has 0 fully saturated rings. The van der Waals surface area contributed by atoms with Crippen LogP contribution in [-0.2, 0) is 13.1 Å². The van der Waals surface area contributed by atoms with Crippen LogP contribution in [0.2, 0.25) is 5.02 Å². The molecule has 0 spiro atoms. The summed E-state index contributed by atoms with van der Waals surface area (Å²) < 4.78 is 1.67. The molecule has 0 radical (unpaired) electrons. The smallest absolute Gasteiger partial charge is 0.165 e. The number of halogens is 1. The van der Waals surface area contributed by atoms with Gasteiger partial charge in [0.15, 0.2) is 5.82 Å². The third-order valence-electron chi connectivity index (χ3n) is 4.17. The summed E-state index contributed by atoms with van der Waals surface area (Å²) in [5, 5.41) is 18.4. The molecule has 27 heavy (non-hydrogen) atoms. The normalized spacial score (nSPS) is 11.0. The molecule has 6 nitrogen and oxygen atoms in total. The Bertz CT molecular complexity index is 1080. The predicted molar refractivity (Wildman–Crippen MR) is 107 cm³/mol. The first-order valence-corrected chi connectivity index (χ1v) is 8.99. The summed E-state index contributed by atoms with van der Waals surface area (Å²) in [5.74, 6) is 1.34. The van der Waals surface area contributed by atoms with E-state index < -0.39 is 0 Å². The minimum atomic E-state index is 0.0339. The van der Waals surface area contributed by atoms with Gasteiger partial charge in [-0.25, -0.2) is 9.97 Å². The lowest BCUT2D eigenvalue weighted by Crippen LogP contribution is -2.04. The van der Waals surface area contributed by atoms with Crippen LogP contribution < -0.4 is 5.32 Å². The summed E-state index contributed by atoms with van der Waals surface area (Å²) in [6.07, 6.45) is 3.54. The van der Waals surface area contributed by atoms with Crippen LogP contribution in [0, 0.1) is 0 Å². The molecular weight excluding hydrogens is 362 g/mol. The van der Waals surface area contributed by atoms with Crippen LogP contribution in [0.25, 0.3) is 22.3 Å². The second kappa shape index (κ2) is 7.73. The van der Waals surface area contributed by atoms with Crippen molar-refractivity contribution < 1.29 is 5.11 Å². The molecule has 2 aromatic carbocycles. The Hall–Kier alpha value is -2.96. The van der Waals surface area contributed by atoms with E-state index in [0.717, 1.165) is 27.8 Å². The van der Waals surface area contributed by atoms with Gasteiger partial charge in [-0.3, -0.25) is 4.68 Å². The van der Waals surface area contributed by atoms with Gasteiger partial charge in [0.1, 0.15) is 5.82 Å². The van der Waals surface area contributed by atoms with Gasteiger partial charge in [-0.15, -0.1) is 0 Å². The lowest BCUT2D eigenvalue weighted by atomic mass is 10.2. The van der Waals surface area contributed by atoms with Crippen molar-refractivity contribution in [3.8, 4) is 11.4 Å². The van der Waals surface area contributed by atoms with Crippen LogP contribution in [0.3, 0.4) is 0 Å². The molecule has 7 heteroatoms. The van der Waals surface area contributed by atoms with Crippen molar-refractivity contribution in [1.82, 2.24) is 19.7 Å². The van der Waals surface area contributed by atoms with Gasteiger partial charge < -0.3 is 10.4 Å². The number of aromatic nitrogens is 4. The summed E-state index contributed by atoms with van der Waals surface area (Å²) in [4.78, 5) is 9.37. The fourth-order valence-corrected chi connectivity index (χ4v) is 3.09. The molecule has 2 aromatic heterocycles. The fraction of sp³-hybridized carbons (Fsp3) is 0.150. The van der Waals surface area contributed by atoms with Crippen LogP contribution in [0.4, 0.5) is 5.82 Å². The van der Waals surface area contributed by atoms with Crippen LogP contribution >= 0.6 is 11.6 Å². The van der Waals surface area contributed by atoms with Gasteiger partial charge in [-0.2, -0.15) is 5.10 Å². The van der Waals surface area contributed by atoms with Crippen molar-refractivity contribution >= 4 is 28.3 Å². The Morgan fingerprint density at radius 2 is 1.96 bits per heavy atom. The van der Waals surface area contributed by atoms with E-state index in [1.54, 1.807) is 10.9 Å². The van der Waals surface area contributed by atoms with Crippen molar-refractivity contribution in [3.05, 3.63) is 71.5 Å². The summed E-state index contributed by atoms with van der Waals surface area (Å²) in [6, 6.07) is 15.6. The highest BCUT2D eigenvalue weighted by Crippen LogP contribution is 2.25. The van der Waals surface area contributed by atoms with Gasteiger partial charge >= 0.3 is 0 Å². The number of hydrogen-bond donors (Lipinski definition) is 2.